The number of hydrogen-bond donors (Lipinski definition) is 1. The summed E-state index contributed by atoms with van der Waals surface area (Å²) in [6, 6.07) is 15.4. The van der Waals surface area contributed by atoms with Gasteiger partial charge in [0.25, 0.3) is 0 Å². The van der Waals surface area contributed by atoms with Gasteiger partial charge >= 0.3 is 6.03 Å². The van der Waals surface area contributed by atoms with E-state index in [1.165, 1.54) is 0 Å². The number of amides is 2. The second-order valence-electron chi connectivity index (χ2n) is 5.52. The van der Waals surface area contributed by atoms with Gasteiger partial charge in [0.15, 0.2) is 5.78 Å². The van der Waals surface area contributed by atoms with Gasteiger partial charge in [-0.15, -0.1) is 0 Å². The van der Waals surface area contributed by atoms with E-state index in [4.69, 9.17) is 11.6 Å². The number of rotatable bonds is 3. The van der Waals surface area contributed by atoms with Gasteiger partial charge < -0.3 is 10.2 Å². The molecule has 2 aromatic rings. The third-order valence-corrected chi connectivity index (χ3v) is 4.19. The first kappa shape index (κ1) is 15.6. The number of urea groups is 1. The molecule has 3 rings (SSSR count). The Balaban J connectivity index is 1.73. The SMILES string of the molecule is O=C(c1ccccc1)C1CCCN1C(=O)Nc1cccc(Cl)c1. The smallest absolute Gasteiger partial charge is 0.314 e. The molecule has 1 aliphatic rings. The van der Waals surface area contributed by atoms with Crippen LogP contribution in [0.4, 0.5) is 10.5 Å². The van der Waals surface area contributed by atoms with Crippen LogP contribution >= 0.6 is 11.6 Å². The van der Waals surface area contributed by atoms with Crippen LogP contribution in [0, 0.1) is 0 Å². The Labute approximate surface area is 140 Å². The zero-order valence-corrected chi connectivity index (χ0v) is 13.3. The lowest BCUT2D eigenvalue weighted by molar-refractivity contribution is 0.0893. The molecule has 0 aromatic heterocycles. The highest BCUT2D eigenvalue weighted by molar-refractivity contribution is 6.30. The minimum absolute atomic E-state index is 0.00987. The zero-order chi connectivity index (χ0) is 16.2. The molecule has 1 N–H and O–H groups in total. The average molecular weight is 329 g/mol. The molecular formula is C18H17ClN2O2. The van der Waals surface area contributed by atoms with Crippen LogP contribution in [0.1, 0.15) is 23.2 Å². The van der Waals surface area contributed by atoms with E-state index < -0.39 is 6.04 Å². The second-order valence-corrected chi connectivity index (χ2v) is 5.96. The highest BCUT2D eigenvalue weighted by Crippen LogP contribution is 2.23. The third kappa shape index (κ3) is 3.54. The summed E-state index contributed by atoms with van der Waals surface area (Å²) in [5, 5.41) is 3.37. The molecule has 5 heteroatoms. The Morgan fingerprint density at radius 1 is 1.09 bits per heavy atom. The van der Waals surface area contributed by atoms with Gasteiger partial charge in [0.1, 0.15) is 0 Å². The van der Waals surface area contributed by atoms with E-state index in [0.717, 1.165) is 6.42 Å². The van der Waals surface area contributed by atoms with Crippen molar-refractivity contribution >= 4 is 29.1 Å². The normalized spacial score (nSPS) is 17.1. The molecule has 1 saturated heterocycles. The molecule has 2 amide bonds. The lowest BCUT2D eigenvalue weighted by atomic mass is 10.0. The van der Waals surface area contributed by atoms with Crippen LogP contribution < -0.4 is 5.32 Å². The largest absolute Gasteiger partial charge is 0.322 e. The number of carbonyl (C=O) groups is 2. The Morgan fingerprint density at radius 3 is 2.61 bits per heavy atom. The maximum atomic E-state index is 12.6. The van der Waals surface area contributed by atoms with Crippen molar-refractivity contribution in [1.82, 2.24) is 4.90 Å². The molecule has 0 aliphatic carbocycles. The van der Waals surface area contributed by atoms with Gasteiger partial charge in [0.05, 0.1) is 6.04 Å². The van der Waals surface area contributed by atoms with Gasteiger partial charge in [0.2, 0.25) is 0 Å². The van der Waals surface area contributed by atoms with Crippen molar-refractivity contribution in [3.63, 3.8) is 0 Å². The second kappa shape index (κ2) is 6.84. The predicted molar refractivity (Wildman–Crippen MR) is 91.0 cm³/mol. The number of anilines is 1. The molecule has 1 aliphatic heterocycles. The van der Waals surface area contributed by atoms with Crippen LogP contribution in [0.5, 0.6) is 0 Å². The highest BCUT2D eigenvalue weighted by atomic mass is 35.5. The summed E-state index contributed by atoms with van der Waals surface area (Å²) in [5.74, 6) is -0.00987. The maximum absolute atomic E-state index is 12.6. The summed E-state index contributed by atoms with van der Waals surface area (Å²) in [6.07, 6.45) is 1.52. The van der Waals surface area contributed by atoms with E-state index in [-0.39, 0.29) is 11.8 Å². The van der Waals surface area contributed by atoms with Gasteiger partial charge in [-0.1, -0.05) is 48.0 Å². The summed E-state index contributed by atoms with van der Waals surface area (Å²) in [7, 11) is 0. The van der Waals surface area contributed by atoms with Crippen molar-refractivity contribution < 1.29 is 9.59 Å². The Kier molecular flexibility index (Phi) is 4.63. The Bertz CT molecular complexity index is 718. The predicted octanol–water partition coefficient (Wildman–Crippen LogP) is 4.22. The highest BCUT2D eigenvalue weighted by Gasteiger charge is 2.34. The first-order chi connectivity index (χ1) is 11.1. The van der Waals surface area contributed by atoms with Crippen molar-refractivity contribution in [1.29, 1.82) is 0 Å². The number of ketones is 1. The van der Waals surface area contributed by atoms with Crippen LogP contribution in [0.3, 0.4) is 0 Å². The van der Waals surface area contributed by atoms with E-state index in [1.54, 1.807) is 41.3 Å². The topological polar surface area (TPSA) is 49.4 Å². The summed E-state index contributed by atoms with van der Waals surface area (Å²) < 4.78 is 0. The number of likely N-dealkylation sites (tertiary alicyclic amines) is 1. The van der Waals surface area contributed by atoms with E-state index in [2.05, 4.69) is 5.32 Å². The molecule has 0 saturated carbocycles. The van der Waals surface area contributed by atoms with E-state index in [1.807, 2.05) is 18.2 Å². The van der Waals surface area contributed by atoms with Crippen molar-refractivity contribution in [3.8, 4) is 0 Å². The average Bonchev–Trinajstić information content (AvgIpc) is 3.05. The van der Waals surface area contributed by atoms with Gasteiger partial charge in [-0.05, 0) is 31.0 Å². The summed E-state index contributed by atoms with van der Waals surface area (Å²) >= 11 is 5.93. The first-order valence-corrected chi connectivity index (χ1v) is 7.95. The molecular weight excluding hydrogens is 312 g/mol. The number of benzene rings is 2. The number of hydrogen-bond acceptors (Lipinski definition) is 2. The van der Waals surface area contributed by atoms with Crippen LogP contribution in [-0.2, 0) is 0 Å². The molecule has 2 aromatic carbocycles. The standard InChI is InChI=1S/C18H17ClN2O2/c19-14-8-4-9-15(12-14)20-18(23)21-11-5-10-16(21)17(22)13-6-2-1-3-7-13/h1-4,6-9,12,16H,5,10-11H2,(H,20,23). The molecule has 1 fully saturated rings. The van der Waals surface area contributed by atoms with E-state index in [0.29, 0.717) is 29.2 Å². The number of nitrogens with zero attached hydrogens (tertiary/aromatic N) is 1. The minimum atomic E-state index is -0.406. The van der Waals surface area contributed by atoms with E-state index in [9.17, 15) is 9.59 Å². The molecule has 1 unspecified atom stereocenters. The fourth-order valence-electron chi connectivity index (χ4n) is 2.84. The van der Waals surface area contributed by atoms with Crippen LogP contribution in [0.15, 0.2) is 54.6 Å². The number of halogens is 1. The molecule has 118 valence electrons. The van der Waals surface area contributed by atoms with E-state index >= 15 is 0 Å². The van der Waals surface area contributed by atoms with Crippen LogP contribution in [-0.4, -0.2) is 29.3 Å². The first-order valence-electron chi connectivity index (χ1n) is 7.57. The van der Waals surface area contributed by atoms with Gasteiger partial charge in [-0.3, -0.25) is 4.79 Å². The molecule has 0 radical (unpaired) electrons. The number of nitrogens with one attached hydrogen (secondary N) is 1. The molecule has 0 spiro atoms. The molecule has 23 heavy (non-hydrogen) atoms. The lowest BCUT2D eigenvalue weighted by Crippen LogP contribution is -2.42. The molecule has 1 heterocycles. The molecule has 4 nitrogen and oxygen atoms in total. The fraction of sp³-hybridized carbons (Fsp3) is 0.222. The van der Waals surface area contributed by atoms with Crippen molar-refractivity contribution in [3.05, 3.63) is 65.2 Å². The van der Waals surface area contributed by atoms with Crippen molar-refractivity contribution in [2.45, 2.75) is 18.9 Å². The third-order valence-electron chi connectivity index (χ3n) is 3.95. The van der Waals surface area contributed by atoms with Crippen LogP contribution in [0.2, 0.25) is 5.02 Å². The van der Waals surface area contributed by atoms with Gasteiger partial charge in [-0.25, -0.2) is 4.79 Å². The van der Waals surface area contributed by atoms with Crippen molar-refractivity contribution in [2.75, 3.05) is 11.9 Å². The van der Waals surface area contributed by atoms with Crippen molar-refractivity contribution in [2.24, 2.45) is 0 Å². The fourth-order valence-corrected chi connectivity index (χ4v) is 3.03. The maximum Gasteiger partial charge on any atom is 0.322 e. The Hall–Kier alpha value is -2.33. The van der Waals surface area contributed by atoms with Crippen LogP contribution in [0.25, 0.3) is 0 Å². The molecule has 0 bridgehead atoms. The quantitative estimate of drug-likeness (QED) is 0.858. The van der Waals surface area contributed by atoms with Gasteiger partial charge in [-0.2, -0.15) is 0 Å². The lowest BCUT2D eigenvalue weighted by Gasteiger charge is -2.24. The summed E-state index contributed by atoms with van der Waals surface area (Å²) in [5.41, 5.74) is 1.26. The number of carbonyl (C=O) groups excluding carboxylic acids is 2. The summed E-state index contributed by atoms with van der Waals surface area (Å²) in [4.78, 5) is 26.7. The molecule has 1 atom stereocenters. The van der Waals surface area contributed by atoms with Gasteiger partial charge in [0, 0.05) is 22.8 Å². The minimum Gasteiger partial charge on any atom is -0.314 e. The summed E-state index contributed by atoms with van der Waals surface area (Å²) in [6.45, 7) is 0.579. The monoisotopic (exact) mass is 328 g/mol. The zero-order valence-electron chi connectivity index (χ0n) is 12.5. The number of Topliss-reactive ketones (excluding diaryl/α,β-unsaturated/α-hetero) is 1. The Morgan fingerprint density at radius 2 is 1.87 bits per heavy atom.